The number of nitrogens with zero attached hydrogens (tertiary/aromatic N) is 1. The van der Waals surface area contributed by atoms with Crippen molar-refractivity contribution in [3.05, 3.63) is 29.8 Å². The molecule has 3 nitrogen and oxygen atoms in total. The third-order valence-corrected chi connectivity index (χ3v) is 7.29. The molecule has 0 bridgehead atoms. The van der Waals surface area contributed by atoms with E-state index in [4.69, 9.17) is 0 Å². The van der Waals surface area contributed by atoms with Gasteiger partial charge in [0, 0.05) is 31.1 Å². The molecule has 1 aliphatic carbocycles. The summed E-state index contributed by atoms with van der Waals surface area (Å²) >= 11 is 1.82. The van der Waals surface area contributed by atoms with E-state index in [9.17, 15) is 4.79 Å². The third-order valence-electron chi connectivity index (χ3n) is 5.81. The highest BCUT2D eigenvalue weighted by molar-refractivity contribution is 8.01. The molecule has 1 N–H and O–H groups in total. The van der Waals surface area contributed by atoms with Crippen LogP contribution >= 0.6 is 11.8 Å². The first-order valence-electron chi connectivity index (χ1n) is 8.92. The van der Waals surface area contributed by atoms with Crippen molar-refractivity contribution in [3.8, 4) is 0 Å². The number of carbonyl (C=O) groups excluding carboxylic acids is 1. The summed E-state index contributed by atoms with van der Waals surface area (Å²) in [5, 5.41) is 3.46. The van der Waals surface area contributed by atoms with Crippen LogP contribution in [0.25, 0.3) is 0 Å². The molecule has 0 aromatic heterocycles. The van der Waals surface area contributed by atoms with Crippen molar-refractivity contribution in [1.82, 2.24) is 10.2 Å². The van der Waals surface area contributed by atoms with E-state index in [0.717, 1.165) is 39.0 Å². The van der Waals surface area contributed by atoms with Gasteiger partial charge in [-0.3, -0.25) is 4.79 Å². The minimum Gasteiger partial charge on any atom is -0.341 e. The summed E-state index contributed by atoms with van der Waals surface area (Å²) in [5.74, 6) is 1.78. The Kier molecular flexibility index (Phi) is 4.14. The molecule has 1 amide bonds. The van der Waals surface area contributed by atoms with Crippen LogP contribution in [0.15, 0.2) is 29.2 Å². The van der Waals surface area contributed by atoms with Crippen molar-refractivity contribution >= 4 is 17.7 Å². The zero-order valence-electron chi connectivity index (χ0n) is 13.9. The predicted molar refractivity (Wildman–Crippen MR) is 94.7 cm³/mol. The molecule has 3 aliphatic rings. The Balaban J connectivity index is 1.52. The summed E-state index contributed by atoms with van der Waals surface area (Å²) in [6, 6.07) is 8.66. The topological polar surface area (TPSA) is 32.3 Å². The fourth-order valence-corrected chi connectivity index (χ4v) is 5.88. The highest BCUT2D eigenvalue weighted by atomic mass is 32.2. The predicted octanol–water partition coefficient (Wildman–Crippen LogP) is 3.08. The van der Waals surface area contributed by atoms with Crippen molar-refractivity contribution in [3.63, 3.8) is 0 Å². The highest BCUT2D eigenvalue weighted by Gasteiger charge is 2.48. The smallest absolute Gasteiger partial charge is 0.239 e. The highest BCUT2D eigenvalue weighted by Crippen LogP contribution is 2.47. The van der Waals surface area contributed by atoms with Crippen molar-refractivity contribution in [2.75, 3.05) is 26.2 Å². The van der Waals surface area contributed by atoms with E-state index in [1.54, 1.807) is 0 Å². The van der Waals surface area contributed by atoms with E-state index in [2.05, 4.69) is 41.4 Å². The van der Waals surface area contributed by atoms with Crippen molar-refractivity contribution in [2.24, 2.45) is 11.8 Å². The number of likely N-dealkylation sites (tertiary alicyclic amines) is 1. The molecular weight excluding hydrogens is 304 g/mol. The molecule has 1 aromatic rings. The van der Waals surface area contributed by atoms with Gasteiger partial charge in [0.15, 0.2) is 0 Å². The Morgan fingerprint density at radius 1 is 1.13 bits per heavy atom. The van der Waals surface area contributed by atoms with Gasteiger partial charge in [0.25, 0.3) is 0 Å². The van der Waals surface area contributed by atoms with Crippen molar-refractivity contribution < 1.29 is 4.79 Å². The van der Waals surface area contributed by atoms with Crippen LogP contribution in [0.4, 0.5) is 0 Å². The monoisotopic (exact) mass is 330 g/mol. The fraction of sp³-hybridized carbons (Fsp3) is 0.632. The van der Waals surface area contributed by atoms with Gasteiger partial charge >= 0.3 is 0 Å². The number of hydrogen-bond acceptors (Lipinski definition) is 3. The van der Waals surface area contributed by atoms with Crippen LogP contribution in [0.2, 0.25) is 0 Å². The Bertz CT molecular complexity index is 568. The molecule has 0 unspecified atom stereocenters. The van der Waals surface area contributed by atoms with Gasteiger partial charge < -0.3 is 10.2 Å². The standard InChI is InChI=1S/C19H26N2OS/c1-14-4-6-17(7-5-14)23-19(8-2-3-9-19)18(22)21-12-15-10-20-11-16(15)13-21/h4-7,15-16,20H,2-3,8-13H2,1H3/t15-,16+. The lowest BCUT2D eigenvalue weighted by Crippen LogP contribution is -2.45. The molecule has 2 heterocycles. The molecule has 2 aliphatic heterocycles. The second-order valence-electron chi connectivity index (χ2n) is 7.51. The summed E-state index contributed by atoms with van der Waals surface area (Å²) in [5.41, 5.74) is 1.28. The second kappa shape index (κ2) is 6.14. The third kappa shape index (κ3) is 2.91. The van der Waals surface area contributed by atoms with Crippen LogP contribution in [-0.4, -0.2) is 41.7 Å². The molecular formula is C19H26N2OS. The number of rotatable bonds is 3. The molecule has 124 valence electrons. The minimum atomic E-state index is -0.207. The maximum atomic E-state index is 13.4. The van der Waals surface area contributed by atoms with Gasteiger partial charge in [-0.25, -0.2) is 0 Å². The quantitative estimate of drug-likeness (QED) is 0.924. The zero-order valence-corrected chi connectivity index (χ0v) is 14.7. The van der Waals surface area contributed by atoms with Crippen molar-refractivity contribution in [2.45, 2.75) is 42.2 Å². The lowest BCUT2D eigenvalue weighted by Gasteiger charge is -2.32. The maximum absolute atomic E-state index is 13.4. The van der Waals surface area contributed by atoms with Gasteiger partial charge in [-0.1, -0.05) is 30.5 Å². The van der Waals surface area contributed by atoms with Crippen LogP contribution in [0, 0.1) is 18.8 Å². The molecule has 1 aromatic carbocycles. The SMILES string of the molecule is Cc1ccc(SC2(C(=O)N3C[C@H]4CNC[C@H]4C3)CCCC2)cc1. The maximum Gasteiger partial charge on any atom is 0.239 e. The van der Waals surface area contributed by atoms with E-state index in [1.807, 2.05) is 11.8 Å². The number of amides is 1. The fourth-order valence-electron chi connectivity index (χ4n) is 4.45. The summed E-state index contributed by atoms with van der Waals surface area (Å²) in [6.07, 6.45) is 4.45. The molecule has 0 spiro atoms. The molecule has 4 heteroatoms. The van der Waals surface area contributed by atoms with Crippen LogP contribution in [0.5, 0.6) is 0 Å². The summed E-state index contributed by atoms with van der Waals surface area (Å²) < 4.78 is -0.207. The summed E-state index contributed by atoms with van der Waals surface area (Å²) in [4.78, 5) is 16.8. The molecule has 1 saturated carbocycles. The molecule has 4 rings (SSSR count). The van der Waals surface area contributed by atoms with Gasteiger partial charge in [-0.15, -0.1) is 11.8 Å². The number of hydrogen-bond donors (Lipinski definition) is 1. The Morgan fingerprint density at radius 2 is 1.74 bits per heavy atom. The molecule has 3 fully saturated rings. The summed E-state index contributed by atoms with van der Waals surface area (Å²) in [7, 11) is 0. The number of thioether (sulfide) groups is 1. The number of benzene rings is 1. The number of carbonyl (C=O) groups is 1. The molecule has 2 atom stereocenters. The van der Waals surface area contributed by atoms with Gasteiger partial charge in [-0.2, -0.15) is 0 Å². The van der Waals surface area contributed by atoms with Crippen molar-refractivity contribution in [1.29, 1.82) is 0 Å². The molecule has 2 saturated heterocycles. The molecule has 23 heavy (non-hydrogen) atoms. The van der Waals surface area contributed by atoms with Gasteiger partial charge in [0.2, 0.25) is 5.91 Å². The number of fused-ring (bicyclic) bond motifs is 1. The normalized spacial score (nSPS) is 29.0. The molecule has 0 radical (unpaired) electrons. The first-order valence-corrected chi connectivity index (χ1v) is 9.74. The first-order chi connectivity index (χ1) is 11.2. The average molecular weight is 330 g/mol. The van der Waals surface area contributed by atoms with Crippen LogP contribution in [0.1, 0.15) is 31.2 Å². The zero-order chi connectivity index (χ0) is 15.9. The van der Waals surface area contributed by atoms with E-state index < -0.39 is 0 Å². The lowest BCUT2D eigenvalue weighted by atomic mass is 10.0. The van der Waals surface area contributed by atoms with Gasteiger partial charge in [-0.05, 0) is 43.7 Å². The lowest BCUT2D eigenvalue weighted by molar-refractivity contribution is -0.132. The van der Waals surface area contributed by atoms with Crippen LogP contribution < -0.4 is 5.32 Å². The first kappa shape index (κ1) is 15.5. The largest absolute Gasteiger partial charge is 0.341 e. The summed E-state index contributed by atoms with van der Waals surface area (Å²) in [6.45, 7) is 6.22. The van der Waals surface area contributed by atoms with E-state index in [0.29, 0.717) is 17.7 Å². The Labute approximate surface area is 143 Å². The average Bonchev–Trinajstić information content (AvgIpc) is 3.24. The van der Waals surface area contributed by atoms with Gasteiger partial charge in [0.1, 0.15) is 0 Å². The second-order valence-corrected chi connectivity index (χ2v) is 8.96. The van der Waals surface area contributed by atoms with E-state index in [-0.39, 0.29) is 4.75 Å². The van der Waals surface area contributed by atoms with E-state index in [1.165, 1.54) is 23.3 Å². The minimum absolute atomic E-state index is 0.207. The van der Waals surface area contributed by atoms with E-state index >= 15 is 0 Å². The number of aryl methyl sites for hydroxylation is 1. The van der Waals surface area contributed by atoms with Crippen LogP contribution in [0.3, 0.4) is 0 Å². The number of nitrogens with one attached hydrogen (secondary N) is 1. The Morgan fingerprint density at radius 3 is 2.35 bits per heavy atom. The van der Waals surface area contributed by atoms with Crippen LogP contribution in [-0.2, 0) is 4.79 Å². The Hall–Kier alpha value is -1.00. The van der Waals surface area contributed by atoms with Gasteiger partial charge in [0.05, 0.1) is 4.75 Å².